The van der Waals surface area contributed by atoms with Gasteiger partial charge in [0.15, 0.2) is 4.91 Å². The lowest BCUT2D eigenvalue weighted by molar-refractivity contribution is -0.130. The van der Waals surface area contributed by atoms with Crippen LogP contribution in [0.25, 0.3) is 0 Å². The molecule has 0 radical (unpaired) electrons. The number of nitrogens with zero attached hydrogens (tertiary/aromatic N) is 2. The van der Waals surface area contributed by atoms with Gasteiger partial charge in [0, 0.05) is 25.4 Å². The molecule has 2 aliphatic rings. The highest BCUT2D eigenvalue weighted by Gasteiger charge is 2.38. The number of halogens is 3. The van der Waals surface area contributed by atoms with Crippen molar-refractivity contribution in [2.45, 2.75) is 4.90 Å². The number of anilines is 2. The summed E-state index contributed by atoms with van der Waals surface area (Å²) in [4.78, 5) is 14.5. The van der Waals surface area contributed by atoms with E-state index in [0.29, 0.717) is 6.07 Å². The van der Waals surface area contributed by atoms with Gasteiger partial charge in [0.05, 0.1) is 29.5 Å². The van der Waals surface area contributed by atoms with Gasteiger partial charge in [-0.05, 0) is 30.3 Å². The maximum Gasteiger partial charge on any atom is 0.267 e. The molecule has 1 saturated heterocycles. The van der Waals surface area contributed by atoms with Crippen LogP contribution in [0.2, 0.25) is 0 Å². The molecule has 0 bridgehead atoms. The molecule has 10 heteroatoms. The van der Waals surface area contributed by atoms with Gasteiger partial charge in [-0.3, -0.25) is 4.79 Å². The van der Waals surface area contributed by atoms with Crippen molar-refractivity contribution in [1.82, 2.24) is 4.90 Å². The Bertz CT molecular complexity index is 1110. The first-order valence-electron chi connectivity index (χ1n) is 8.66. The Morgan fingerprint density at radius 3 is 2.24 bits per heavy atom. The van der Waals surface area contributed by atoms with Crippen molar-refractivity contribution in [1.29, 1.82) is 0 Å². The summed E-state index contributed by atoms with van der Waals surface area (Å²) in [5.41, 5.74) is -0.231. The van der Waals surface area contributed by atoms with E-state index < -0.39 is 38.1 Å². The molecule has 29 heavy (non-hydrogen) atoms. The van der Waals surface area contributed by atoms with Crippen molar-refractivity contribution in [3.8, 4) is 0 Å². The largest absolute Gasteiger partial charge is 0.378 e. The Morgan fingerprint density at radius 1 is 0.931 bits per heavy atom. The summed E-state index contributed by atoms with van der Waals surface area (Å²) in [7, 11) is -4.28. The van der Waals surface area contributed by atoms with Crippen LogP contribution in [0.15, 0.2) is 52.4 Å². The fourth-order valence-corrected chi connectivity index (χ4v) is 4.78. The Kier molecular flexibility index (Phi) is 4.83. The van der Waals surface area contributed by atoms with Gasteiger partial charge in [0.2, 0.25) is 9.84 Å². The van der Waals surface area contributed by atoms with Crippen molar-refractivity contribution < 1.29 is 31.1 Å². The number of sulfone groups is 1. The second-order valence-corrected chi connectivity index (χ2v) is 8.40. The number of hydrogen-bond acceptors (Lipinski definition) is 5. The zero-order valence-electron chi connectivity index (χ0n) is 14.9. The quantitative estimate of drug-likeness (QED) is 0.694. The summed E-state index contributed by atoms with van der Waals surface area (Å²) < 4.78 is 72.7. The third kappa shape index (κ3) is 3.49. The van der Waals surface area contributed by atoms with E-state index in [1.807, 2.05) is 0 Å². The number of benzene rings is 2. The Morgan fingerprint density at radius 2 is 1.59 bits per heavy atom. The van der Waals surface area contributed by atoms with E-state index in [1.165, 1.54) is 4.90 Å². The molecule has 2 aromatic rings. The zero-order chi connectivity index (χ0) is 20.8. The summed E-state index contributed by atoms with van der Waals surface area (Å²) in [5, 5.41) is 0. The fourth-order valence-electron chi connectivity index (χ4n) is 3.27. The molecule has 0 N–H and O–H groups in total. The van der Waals surface area contributed by atoms with Crippen molar-refractivity contribution >= 4 is 27.1 Å². The van der Waals surface area contributed by atoms with Gasteiger partial charge in [-0.25, -0.2) is 21.6 Å². The average molecular weight is 424 g/mol. The molecule has 1 fully saturated rings. The molecule has 0 unspecified atom stereocenters. The molecule has 0 spiro atoms. The molecular formula is C19H15F3N2O4S. The van der Waals surface area contributed by atoms with E-state index in [1.54, 1.807) is 0 Å². The van der Waals surface area contributed by atoms with E-state index in [0.717, 1.165) is 41.4 Å². The molecule has 2 aromatic carbocycles. The maximum atomic E-state index is 13.9. The number of carbonyl (C=O) groups is 1. The molecule has 4 rings (SSSR count). The number of carbonyl (C=O) groups excluding carboxylic acids is 1. The molecule has 0 atom stereocenters. The van der Waals surface area contributed by atoms with Crippen LogP contribution in [0.4, 0.5) is 24.5 Å². The van der Waals surface area contributed by atoms with Crippen molar-refractivity contribution in [2.24, 2.45) is 0 Å². The molecular weight excluding hydrogens is 409 g/mol. The van der Waals surface area contributed by atoms with Crippen LogP contribution < -0.4 is 4.90 Å². The van der Waals surface area contributed by atoms with Gasteiger partial charge in [-0.1, -0.05) is 0 Å². The third-order valence-electron chi connectivity index (χ3n) is 4.64. The predicted molar refractivity (Wildman–Crippen MR) is 97.6 cm³/mol. The second-order valence-electron chi connectivity index (χ2n) is 6.51. The van der Waals surface area contributed by atoms with Gasteiger partial charge in [-0.2, -0.15) is 0 Å². The highest BCUT2D eigenvalue weighted by atomic mass is 32.2. The molecule has 2 aliphatic heterocycles. The first-order chi connectivity index (χ1) is 13.8. The van der Waals surface area contributed by atoms with Crippen LogP contribution >= 0.6 is 0 Å². The highest BCUT2D eigenvalue weighted by Crippen LogP contribution is 2.40. The maximum absolute atomic E-state index is 13.9. The lowest BCUT2D eigenvalue weighted by atomic mass is 10.2. The van der Waals surface area contributed by atoms with Crippen LogP contribution in [0.5, 0.6) is 0 Å². The first-order valence-corrected chi connectivity index (χ1v) is 10.1. The van der Waals surface area contributed by atoms with Crippen molar-refractivity contribution in [3.63, 3.8) is 0 Å². The van der Waals surface area contributed by atoms with Crippen LogP contribution in [0.3, 0.4) is 0 Å². The molecule has 1 amide bonds. The minimum atomic E-state index is -4.28. The van der Waals surface area contributed by atoms with E-state index >= 15 is 0 Å². The number of morpholine rings is 1. The smallest absolute Gasteiger partial charge is 0.267 e. The monoisotopic (exact) mass is 424 g/mol. The van der Waals surface area contributed by atoms with Crippen LogP contribution in [0.1, 0.15) is 0 Å². The molecule has 2 heterocycles. The Hall–Kier alpha value is -2.85. The third-order valence-corrected chi connectivity index (χ3v) is 6.42. The Labute approximate surface area is 164 Å². The van der Waals surface area contributed by atoms with Gasteiger partial charge < -0.3 is 14.5 Å². The molecule has 0 saturated carbocycles. The summed E-state index contributed by atoms with van der Waals surface area (Å²) >= 11 is 0. The number of amides is 1. The van der Waals surface area contributed by atoms with E-state index in [9.17, 15) is 26.4 Å². The number of hydrogen-bond donors (Lipinski definition) is 0. The summed E-state index contributed by atoms with van der Waals surface area (Å²) in [5.74, 6) is -3.30. The number of ether oxygens (including phenoxy) is 1. The van der Waals surface area contributed by atoms with Gasteiger partial charge in [-0.15, -0.1) is 0 Å². The van der Waals surface area contributed by atoms with Crippen LogP contribution in [0, 0.1) is 17.5 Å². The lowest BCUT2D eigenvalue weighted by Gasteiger charge is -2.32. The average Bonchev–Trinajstić information content (AvgIpc) is 2.67. The van der Waals surface area contributed by atoms with Crippen molar-refractivity contribution in [2.75, 3.05) is 31.2 Å². The molecule has 0 aromatic heterocycles. The van der Waals surface area contributed by atoms with E-state index in [2.05, 4.69) is 0 Å². The molecule has 6 nitrogen and oxygen atoms in total. The lowest BCUT2D eigenvalue weighted by Crippen LogP contribution is -2.43. The topological polar surface area (TPSA) is 66.9 Å². The highest BCUT2D eigenvalue weighted by molar-refractivity contribution is 7.96. The number of rotatable bonds is 2. The van der Waals surface area contributed by atoms with Crippen molar-refractivity contribution in [3.05, 3.63) is 65.0 Å². The van der Waals surface area contributed by atoms with E-state index in [-0.39, 0.29) is 42.6 Å². The van der Waals surface area contributed by atoms with Gasteiger partial charge >= 0.3 is 0 Å². The summed E-state index contributed by atoms with van der Waals surface area (Å²) in [6.45, 7) is 0.937. The normalized spacial score (nSPS) is 18.2. The fraction of sp³-hybridized carbons (Fsp3) is 0.211. The second kappa shape index (κ2) is 7.20. The first kappa shape index (κ1) is 19.5. The van der Waals surface area contributed by atoms with Crippen LogP contribution in [-0.2, 0) is 19.4 Å². The summed E-state index contributed by atoms with van der Waals surface area (Å²) in [6.07, 6.45) is 0.975. The zero-order valence-corrected chi connectivity index (χ0v) is 15.8. The summed E-state index contributed by atoms with van der Waals surface area (Å²) in [6, 6.07) is 5.49. The minimum Gasteiger partial charge on any atom is -0.378 e. The minimum absolute atomic E-state index is 0.0865. The van der Waals surface area contributed by atoms with Gasteiger partial charge in [0.25, 0.3) is 5.91 Å². The molecule has 152 valence electrons. The number of fused-ring (bicyclic) bond motifs is 1. The Balaban J connectivity index is 1.90. The van der Waals surface area contributed by atoms with E-state index in [4.69, 9.17) is 4.74 Å². The standard InChI is InChI=1S/C19H15F3N2O4S/c20-12-1-2-17-16(10-12)24(15-8-13(21)7-14(22)9-15)11-18(29(17,26)27)19(25)23-3-5-28-6-4-23/h1-2,7-11H,3-6H2. The van der Waals surface area contributed by atoms with Crippen LogP contribution in [-0.4, -0.2) is 45.5 Å². The predicted octanol–water partition coefficient (Wildman–Crippen LogP) is 2.73. The van der Waals surface area contributed by atoms with Gasteiger partial charge in [0.1, 0.15) is 17.5 Å². The molecule has 0 aliphatic carbocycles. The SMILES string of the molecule is O=C(C1=CN(c2cc(F)cc(F)c2)c2cc(F)ccc2S1(=O)=O)N1CCOCC1.